The van der Waals surface area contributed by atoms with Crippen molar-refractivity contribution in [3.8, 4) is 5.19 Å². The zero-order chi connectivity index (χ0) is 8.81. The number of nitrogens with zero attached hydrogens (tertiary/aromatic N) is 1. The van der Waals surface area contributed by atoms with E-state index in [9.17, 15) is 0 Å². The Morgan fingerprint density at radius 1 is 1.50 bits per heavy atom. The van der Waals surface area contributed by atoms with Crippen LogP contribution in [0.15, 0.2) is 11.6 Å². The zero-order valence-electron chi connectivity index (χ0n) is 7.32. The van der Waals surface area contributed by atoms with Crippen molar-refractivity contribution in [2.24, 2.45) is 0 Å². The summed E-state index contributed by atoms with van der Waals surface area (Å²) >= 11 is 1.49. The molecule has 12 heavy (non-hydrogen) atoms. The first-order valence-electron chi connectivity index (χ1n) is 3.93. The molecule has 1 aromatic rings. The predicted molar refractivity (Wildman–Crippen MR) is 48.7 cm³/mol. The number of ether oxygens (including phenoxy) is 2. The van der Waals surface area contributed by atoms with E-state index in [4.69, 9.17) is 9.47 Å². The maximum Gasteiger partial charge on any atom is 0.273 e. The number of rotatable bonds is 5. The van der Waals surface area contributed by atoms with Gasteiger partial charge in [-0.05, 0) is 13.8 Å². The first-order valence-corrected chi connectivity index (χ1v) is 4.81. The second-order valence-electron chi connectivity index (χ2n) is 2.57. The Morgan fingerprint density at radius 2 is 2.33 bits per heavy atom. The highest BCUT2D eigenvalue weighted by atomic mass is 32.1. The average Bonchev–Trinajstić information content (AvgIpc) is 2.49. The number of aromatic nitrogens is 1. The van der Waals surface area contributed by atoms with E-state index in [1.54, 1.807) is 6.20 Å². The van der Waals surface area contributed by atoms with Gasteiger partial charge in [-0.25, -0.2) is 4.98 Å². The topological polar surface area (TPSA) is 31.4 Å². The van der Waals surface area contributed by atoms with Crippen molar-refractivity contribution in [3.05, 3.63) is 11.6 Å². The molecule has 0 saturated heterocycles. The summed E-state index contributed by atoms with van der Waals surface area (Å²) in [5.41, 5.74) is 0. The zero-order valence-corrected chi connectivity index (χ0v) is 8.13. The Bertz CT molecular complexity index is 199. The van der Waals surface area contributed by atoms with Crippen LogP contribution in [-0.4, -0.2) is 24.3 Å². The average molecular weight is 187 g/mol. The molecule has 0 aliphatic carbocycles. The van der Waals surface area contributed by atoms with Crippen LogP contribution in [0.1, 0.15) is 13.8 Å². The highest BCUT2D eigenvalue weighted by molar-refractivity contribution is 7.11. The van der Waals surface area contributed by atoms with E-state index >= 15 is 0 Å². The molecular formula is C8H13NO2S. The molecule has 0 aromatic carbocycles. The summed E-state index contributed by atoms with van der Waals surface area (Å²) in [5.74, 6) is 0. The van der Waals surface area contributed by atoms with Gasteiger partial charge in [-0.3, -0.25) is 0 Å². The fraction of sp³-hybridized carbons (Fsp3) is 0.625. The Labute approximate surface area is 76.3 Å². The summed E-state index contributed by atoms with van der Waals surface area (Å²) in [6.45, 7) is 5.20. The molecule has 0 N–H and O–H groups in total. The fourth-order valence-corrected chi connectivity index (χ4v) is 1.21. The maximum atomic E-state index is 5.29. The third-order valence-electron chi connectivity index (χ3n) is 1.17. The lowest BCUT2D eigenvalue weighted by Gasteiger charge is -2.06. The molecule has 0 radical (unpaired) electrons. The molecule has 4 heteroatoms. The van der Waals surface area contributed by atoms with Crippen LogP contribution in [0.5, 0.6) is 5.19 Å². The molecule has 68 valence electrons. The summed E-state index contributed by atoms with van der Waals surface area (Å²) < 4.78 is 10.6. The Kier molecular flexibility index (Phi) is 4.04. The maximum absolute atomic E-state index is 5.29. The lowest BCUT2D eigenvalue weighted by molar-refractivity contribution is 0.0552. The molecule has 0 fully saturated rings. The predicted octanol–water partition coefficient (Wildman–Crippen LogP) is 1.95. The lowest BCUT2D eigenvalue weighted by Crippen LogP contribution is -2.11. The van der Waals surface area contributed by atoms with Crippen LogP contribution in [0, 0.1) is 0 Å². The van der Waals surface area contributed by atoms with Crippen LogP contribution in [-0.2, 0) is 4.74 Å². The van der Waals surface area contributed by atoms with Gasteiger partial charge in [0.25, 0.3) is 5.19 Å². The van der Waals surface area contributed by atoms with Crippen LogP contribution in [0.25, 0.3) is 0 Å². The van der Waals surface area contributed by atoms with Gasteiger partial charge in [-0.15, -0.1) is 0 Å². The van der Waals surface area contributed by atoms with Crippen molar-refractivity contribution in [1.29, 1.82) is 0 Å². The smallest absolute Gasteiger partial charge is 0.273 e. The monoisotopic (exact) mass is 187 g/mol. The van der Waals surface area contributed by atoms with Crippen molar-refractivity contribution in [2.45, 2.75) is 20.0 Å². The highest BCUT2D eigenvalue weighted by Gasteiger charge is 1.96. The van der Waals surface area contributed by atoms with E-state index in [-0.39, 0.29) is 6.10 Å². The molecule has 0 aliphatic rings. The second kappa shape index (κ2) is 5.11. The molecule has 0 unspecified atom stereocenters. The van der Waals surface area contributed by atoms with Crippen molar-refractivity contribution < 1.29 is 9.47 Å². The summed E-state index contributed by atoms with van der Waals surface area (Å²) in [7, 11) is 0. The number of thiazole rings is 1. The normalized spacial score (nSPS) is 10.6. The summed E-state index contributed by atoms with van der Waals surface area (Å²) in [4.78, 5) is 3.97. The largest absolute Gasteiger partial charge is 0.468 e. The number of hydrogen-bond donors (Lipinski definition) is 0. The first kappa shape index (κ1) is 9.48. The van der Waals surface area contributed by atoms with Crippen LogP contribution < -0.4 is 4.74 Å². The minimum atomic E-state index is 0.268. The van der Waals surface area contributed by atoms with Crippen LogP contribution >= 0.6 is 11.3 Å². The van der Waals surface area contributed by atoms with Gasteiger partial charge in [0.2, 0.25) is 0 Å². The molecule has 1 heterocycles. The molecule has 1 rings (SSSR count). The minimum Gasteiger partial charge on any atom is -0.468 e. The number of hydrogen-bond acceptors (Lipinski definition) is 4. The first-order chi connectivity index (χ1) is 5.79. The molecule has 0 aliphatic heterocycles. The molecule has 0 atom stereocenters. The van der Waals surface area contributed by atoms with E-state index < -0.39 is 0 Å². The van der Waals surface area contributed by atoms with Crippen molar-refractivity contribution in [3.63, 3.8) is 0 Å². The van der Waals surface area contributed by atoms with Gasteiger partial charge in [-0.2, -0.15) is 0 Å². The third kappa shape index (κ3) is 3.69. The summed E-state index contributed by atoms with van der Waals surface area (Å²) in [6.07, 6.45) is 1.99. The molecule has 0 spiro atoms. The van der Waals surface area contributed by atoms with Crippen LogP contribution in [0.4, 0.5) is 0 Å². The third-order valence-corrected chi connectivity index (χ3v) is 1.85. The molecule has 3 nitrogen and oxygen atoms in total. The van der Waals surface area contributed by atoms with Crippen molar-refractivity contribution in [1.82, 2.24) is 4.98 Å². The van der Waals surface area contributed by atoms with E-state index in [1.165, 1.54) is 11.3 Å². The minimum absolute atomic E-state index is 0.268. The van der Waals surface area contributed by atoms with Gasteiger partial charge in [0.1, 0.15) is 6.61 Å². The van der Waals surface area contributed by atoms with Gasteiger partial charge in [-0.1, -0.05) is 11.3 Å². The van der Waals surface area contributed by atoms with Crippen molar-refractivity contribution in [2.75, 3.05) is 13.2 Å². The Morgan fingerprint density at radius 3 is 2.92 bits per heavy atom. The molecule has 0 bridgehead atoms. The van der Waals surface area contributed by atoms with Crippen LogP contribution in [0.2, 0.25) is 0 Å². The second-order valence-corrected chi connectivity index (χ2v) is 3.42. The Hall–Kier alpha value is -0.610. The van der Waals surface area contributed by atoms with Gasteiger partial charge in [0, 0.05) is 11.6 Å². The molecule has 1 aromatic heterocycles. The summed E-state index contributed by atoms with van der Waals surface area (Å²) in [6, 6.07) is 0. The lowest BCUT2D eigenvalue weighted by atomic mass is 10.5. The quantitative estimate of drug-likeness (QED) is 0.660. The van der Waals surface area contributed by atoms with Crippen LogP contribution in [0.3, 0.4) is 0 Å². The SMILES string of the molecule is CC(C)OCCOc1nccs1. The van der Waals surface area contributed by atoms with Gasteiger partial charge in [0.05, 0.1) is 12.7 Å². The summed E-state index contributed by atoms with van der Waals surface area (Å²) in [5, 5.41) is 2.60. The van der Waals surface area contributed by atoms with Gasteiger partial charge < -0.3 is 9.47 Å². The van der Waals surface area contributed by atoms with E-state index in [0.717, 1.165) is 0 Å². The molecule has 0 amide bonds. The highest BCUT2D eigenvalue weighted by Crippen LogP contribution is 2.12. The Balaban J connectivity index is 2.04. The van der Waals surface area contributed by atoms with Gasteiger partial charge in [0.15, 0.2) is 0 Å². The van der Waals surface area contributed by atoms with Crippen molar-refractivity contribution >= 4 is 11.3 Å². The van der Waals surface area contributed by atoms with E-state index in [2.05, 4.69) is 4.98 Å². The standard InChI is InChI=1S/C8H13NO2S/c1-7(2)10-4-5-11-8-9-3-6-12-8/h3,6-7H,4-5H2,1-2H3. The van der Waals surface area contributed by atoms with E-state index in [0.29, 0.717) is 18.4 Å². The van der Waals surface area contributed by atoms with E-state index in [1.807, 2.05) is 19.2 Å². The van der Waals surface area contributed by atoms with Gasteiger partial charge >= 0.3 is 0 Å². The molecular weight excluding hydrogens is 174 g/mol. The fourth-order valence-electron chi connectivity index (χ4n) is 0.694. The molecule has 0 saturated carbocycles.